The number of carbonyl (C=O) groups is 2. The molecule has 6 heteroatoms. The summed E-state index contributed by atoms with van der Waals surface area (Å²) in [7, 11) is 0. The first-order valence-corrected chi connectivity index (χ1v) is 6.22. The number of carbonyl (C=O) groups excluding carboxylic acids is 2. The molecule has 0 radical (unpaired) electrons. The van der Waals surface area contributed by atoms with Crippen LogP contribution in [0.15, 0.2) is 24.3 Å². The Hall–Kier alpha value is -2.08. The van der Waals surface area contributed by atoms with Gasteiger partial charge in [-0.25, -0.2) is 4.79 Å². The predicted octanol–water partition coefficient (Wildman–Crippen LogP) is 1.36. The van der Waals surface area contributed by atoms with Gasteiger partial charge in [0, 0.05) is 30.4 Å². The number of hydrogen-bond donors (Lipinski definition) is 4. The van der Waals surface area contributed by atoms with Crippen molar-refractivity contribution in [1.82, 2.24) is 5.32 Å². The van der Waals surface area contributed by atoms with E-state index in [0.717, 1.165) is 0 Å². The summed E-state index contributed by atoms with van der Waals surface area (Å²) < 4.78 is 0. The van der Waals surface area contributed by atoms with Crippen LogP contribution in [0, 0.1) is 5.92 Å². The molecule has 5 N–H and O–H groups in total. The van der Waals surface area contributed by atoms with Crippen LogP contribution in [0.2, 0.25) is 0 Å². The quantitative estimate of drug-likeness (QED) is 0.646. The lowest BCUT2D eigenvalue weighted by molar-refractivity contribution is -0.119. The molecular weight excluding hydrogens is 244 g/mol. The van der Waals surface area contributed by atoms with Crippen LogP contribution in [-0.4, -0.2) is 25.0 Å². The average Bonchev–Trinajstić information content (AvgIpc) is 2.38. The van der Waals surface area contributed by atoms with Gasteiger partial charge >= 0.3 is 6.03 Å². The maximum Gasteiger partial charge on any atom is 0.319 e. The third kappa shape index (κ3) is 4.97. The van der Waals surface area contributed by atoms with Gasteiger partial charge in [-0.3, -0.25) is 4.79 Å². The molecular formula is C13H20N4O2. The Morgan fingerprint density at radius 1 is 1.26 bits per heavy atom. The monoisotopic (exact) mass is 264 g/mol. The Balaban J connectivity index is 2.66. The lowest BCUT2D eigenvalue weighted by Gasteiger charge is -2.11. The molecule has 3 amide bonds. The Morgan fingerprint density at radius 2 is 1.89 bits per heavy atom. The number of hydrogen-bond acceptors (Lipinski definition) is 3. The van der Waals surface area contributed by atoms with Gasteiger partial charge < -0.3 is 21.7 Å². The minimum Gasteiger partial charge on any atom is -0.338 e. The molecule has 19 heavy (non-hydrogen) atoms. The zero-order valence-electron chi connectivity index (χ0n) is 11.2. The van der Waals surface area contributed by atoms with Gasteiger partial charge in [-0.05, 0) is 25.1 Å². The maximum atomic E-state index is 11.7. The largest absolute Gasteiger partial charge is 0.338 e. The van der Waals surface area contributed by atoms with E-state index in [1.807, 2.05) is 6.92 Å². The van der Waals surface area contributed by atoms with E-state index in [9.17, 15) is 9.59 Å². The van der Waals surface area contributed by atoms with Crippen molar-refractivity contribution >= 4 is 23.3 Å². The number of nitrogens with one attached hydrogen (secondary N) is 3. The summed E-state index contributed by atoms with van der Waals surface area (Å²) in [6.07, 6.45) is 0. The molecule has 6 nitrogen and oxygen atoms in total. The third-order valence-electron chi connectivity index (χ3n) is 2.53. The molecule has 1 aromatic carbocycles. The van der Waals surface area contributed by atoms with Crippen LogP contribution in [0.5, 0.6) is 0 Å². The van der Waals surface area contributed by atoms with Crippen molar-refractivity contribution in [1.29, 1.82) is 0 Å². The molecule has 1 aromatic rings. The molecule has 104 valence electrons. The highest BCUT2D eigenvalue weighted by Crippen LogP contribution is 2.15. The van der Waals surface area contributed by atoms with E-state index in [2.05, 4.69) is 16.0 Å². The van der Waals surface area contributed by atoms with Gasteiger partial charge in [0.15, 0.2) is 0 Å². The first-order valence-electron chi connectivity index (χ1n) is 6.22. The lowest BCUT2D eigenvalue weighted by Crippen LogP contribution is -2.28. The maximum absolute atomic E-state index is 11.7. The highest BCUT2D eigenvalue weighted by Gasteiger charge is 2.11. The molecule has 0 saturated carbocycles. The predicted molar refractivity (Wildman–Crippen MR) is 76.0 cm³/mol. The molecule has 0 fully saturated rings. The van der Waals surface area contributed by atoms with Crippen molar-refractivity contribution in [3.63, 3.8) is 0 Å². The third-order valence-corrected chi connectivity index (χ3v) is 2.53. The summed E-state index contributed by atoms with van der Waals surface area (Å²) in [6, 6.07) is 6.67. The van der Waals surface area contributed by atoms with E-state index in [1.165, 1.54) is 0 Å². The summed E-state index contributed by atoms with van der Waals surface area (Å²) in [5, 5.41) is 8.05. The molecule has 1 atom stereocenters. The van der Waals surface area contributed by atoms with Gasteiger partial charge in [0.05, 0.1) is 0 Å². The van der Waals surface area contributed by atoms with Gasteiger partial charge in [0.25, 0.3) is 0 Å². The average molecular weight is 264 g/mol. The smallest absolute Gasteiger partial charge is 0.319 e. The Kier molecular flexibility index (Phi) is 5.81. The van der Waals surface area contributed by atoms with Crippen LogP contribution in [-0.2, 0) is 4.79 Å². The van der Waals surface area contributed by atoms with Crippen molar-refractivity contribution in [3.8, 4) is 0 Å². The summed E-state index contributed by atoms with van der Waals surface area (Å²) in [4.78, 5) is 23.1. The van der Waals surface area contributed by atoms with Crippen molar-refractivity contribution < 1.29 is 9.59 Å². The molecule has 0 aliphatic carbocycles. The lowest BCUT2D eigenvalue weighted by atomic mass is 10.1. The van der Waals surface area contributed by atoms with Crippen LogP contribution < -0.4 is 21.7 Å². The molecule has 1 unspecified atom stereocenters. The second-order valence-corrected chi connectivity index (χ2v) is 4.19. The van der Waals surface area contributed by atoms with E-state index < -0.39 is 0 Å². The summed E-state index contributed by atoms with van der Waals surface area (Å²) in [6.45, 7) is 4.44. The van der Waals surface area contributed by atoms with E-state index in [4.69, 9.17) is 5.73 Å². The van der Waals surface area contributed by atoms with Gasteiger partial charge in [-0.1, -0.05) is 13.0 Å². The van der Waals surface area contributed by atoms with E-state index in [1.54, 1.807) is 31.2 Å². The highest BCUT2D eigenvalue weighted by molar-refractivity contribution is 5.94. The molecule has 0 bridgehead atoms. The fraction of sp³-hybridized carbons (Fsp3) is 0.385. The molecule has 0 aliphatic rings. The second kappa shape index (κ2) is 7.38. The SMILES string of the molecule is CCNC(=O)Nc1cccc(NC(=O)C(C)CN)c1. The Labute approximate surface area is 112 Å². The van der Waals surface area contributed by atoms with Crippen molar-refractivity contribution in [2.45, 2.75) is 13.8 Å². The number of benzene rings is 1. The van der Waals surface area contributed by atoms with E-state index in [-0.39, 0.29) is 17.9 Å². The van der Waals surface area contributed by atoms with Gasteiger partial charge in [-0.2, -0.15) is 0 Å². The van der Waals surface area contributed by atoms with Crippen LogP contribution in [0.3, 0.4) is 0 Å². The van der Waals surface area contributed by atoms with Gasteiger partial charge in [0.1, 0.15) is 0 Å². The molecule has 0 spiro atoms. The first kappa shape index (κ1) is 15.0. The molecule has 0 aromatic heterocycles. The van der Waals surface area contributed by atoms with Crippen LogP contribution in [0.25, 0.3) is 0 Å². The zero-order chi connectivity index (χ0) is 14.3. The zero-order valence-corrected chi connectivity index (χ0v) is 11.2. The van der Waals surface area contributed by atoms with Crippen LogP contribution in [0.4, 0.5) is 16.2 Å². The first-order chi connectivity index (χ1) is 9.06. The number of rotatable bonds is 5. The van der Waals surface area contributed by atoms with Crippen molar-refractivity contribution in [2.75, 3.05) is 23.7 Å². The fourth-order valence-corrected chi connectivity index (χ4v) is 1.38. The van der Waals surface area contributed by atoms with Crippen LogP contribution in [0.1, 0.15) is 13.8 Å². The minimum atomic E-state index is -0.277. The summed E-state index contributed by atoms with van der Waals surface area (Å²) >= 11 is 0. The highest BCUT2D eigenvalue weighted by atomic mass is 16.2. The number of anilines is 2. The fourth-order valence-electron chi connectivity index (χ4n) is 1.38. The Morgan fingerprint density at radius 3 is 2.47 bits per heavy atom. The standard InChI is InChI=1S/C13H20N4O2/c1-3-15-13(19)17-11-6-4-5-10(7-11)16-12(18)9(2)8-14/h4-7,9H,3,8,14H2,1-2H3,(H,16,18)(H2,15,17,19). The van der Waals surface area contributed by atoms with Gasteiger partial charge in [-0.15, -0.1) is 0 Å². The number of amides is 3. The topological polar surface area (TPSA) is 96.2 Å². The van der Waals surface area contributed by atoms with Crippen LogP contribution >= 0.6 is 0 Å². The van der Waals surface area contributed by atoms with Gasteiger partial charge in [0.2, 0.25) is 5.91 Å². The summed E-state index contributed by atoms with van der Waals surface area (Å²) in [5.74, 6) is -0.391. The minimum absolute atomic E-state index is 0.141. The molecule has 1 rings (SSSR count). The number of nitrogens with two attached hydrogens (primary N) is 1. The van der Waals surface area contributed by atoms with Crippen molar-refractivity contribution in [3.05, 3.63) is 24.3 Å². The molecule has 0 heterocycles. The van der Waals surface area contributed by atoms with Crippen molar-refractivity contribution in [2.24, 2.45) is 11.7 Å². The second-order valence-electron chi connectivity index (χ2n) is 4.19. The molecule has 0 aliphatic heterocycles. The number of urea groups is 1. The molecule has 0 saturated heterocycles. The van der Waals surface area contributed by atoms with E-state index in [0.29, 0.717) is 24.5 Å². The normalized spacial score (nSPS) is 11.5. The van der Waals surface area contributed by atoms with E-state index >= 15 is 0 Å². The Bertz CT molecular complexity index is 448. The summed E-state index contributed by atoms with van der Waals surface area (Å²) in [5.41, 5.74) is 6.67.